The van der Waals surface area contributed by atoms with Crippen LogP contribution in [0.5, 0.6) is 0 Å². The van der Waals surface area contributed by atoms with Crippen molar-refractivity contribution in [3.63, 3.8) is 0 Å². The van der Waals surface area contributed by atoms with Crippen molar-refractivity contribution in [2.75, 3.05) is 6.54 Å². The molecule has 108 valence electrons. The van der Waals surface area contributed by atoms with Crippen molar-refractivity contribution in [1.82, 2.24) is 5.32 Å². The van der Waals surface area contributed by atoms with Gasteiger partial charge in [-0.25, -0.2) is 0 Å². The van der Waals surface area contributed by atoms with Crippen LogP contribution in [0.3, 0.4) is 0 Å². The number of nitrogens with one attached hydrogen (secondary N) is 1. The predicted octanol–water partition coefficient (Wildman–Crippen LogP) is 0.993. The Hall–Kier alpha value is -0.610. The maximum atomic E-state index is 11.0. The molecule has 4 fully saturated rings. The molecule has 0 spiro atoms. The molecule has 0 aromatic heterocycles. The fourth-order valence-corrected chi connectivity index (χ4v) is 5.33. The van der Waals surface area contributed by atoms with E-state index in [9.17, 15) is 4.79 Å². The van der Waals surface area contributed by atoms with Crippen LogP contribution in [-0.4, -0.2) is 24.5 Å². The molecule has 5 N–H and O–H groups in total. The number of primary amides is 1. The third-order valence-corrected chi connectivity index (χ3v) is 6.01. The van der Waals surface area contributed by atoms with E-state index in [4.69, 9.17) is 11.5 Å². The monoisotopic (exact) mass is 265 g/mol. The number of carbonyl (C=O) groups excluding carboxylic acids is 1. The van der Waals surface area contributed by atoms with Gasteiger partial charge in [0, 0.05) is 12.6 Å². The smallest absolute Gasteiger partial charge is 0.235 e. The quantitative estimate of drug-likeness (QED) is 0.693. The van der Waals surface area contributed by atoms with Crippen LogP contribution in [-0.2, 0) is 4.79 Å². The van der Waals surface area contributed by atoms with E-state index < -0.39 is 11.9 Å². The fourth-order valence-electron chi connectivity index (χ4n) is 5.33. The first-order valence-electron chi connectivity index (χ1n) is 7.77. The van der Waals surface area contributed by atoms with Gasteiger partial charge in [-0.2, -0.15) is 0 Å². The van der Waals surface area contributed by atoms with Crippen molar-refractivity contribution in [3.8, 4) is 0 Å². The second kappa shape index (κ2) is 4.74. The van der Waals surface area contributed by atoms with Gasteiger partial charge in [-0.1, -0.05) is 0 Å². The summed E-state index contributed by atoms with van der Waals surface area (Å²) < 4.78 is 0. The molecule has 4 rings (SSSR count). The van der Waals surface area contributed by atoms with Gasteiger partial charge in [0.1, 0.15) is 0 Å². The normalized spacial score (nSPS) is 43.2. The van der Waals surface area contributed by atoms with E-state index in [1.807, 2.05) is 0 Å². The molecule has 4 bridgehead atoms. The molecule has 4 saturated carbocycles. The SMILES string of the molecule is CC(NCC(N)C(N)=O)C12CC3CC(CC(C3)C1)C2. The molecule has 4 heteroatoms. The van der Waals surface area contributed by atoms with Gasteiger partial charge in [0.25, 0.3) is 0 Å². The Morgan fingerprint density at radius 3 is 2.11 bits per heavy atom. The molecule has 0 aromatic rings. The van der Waals surface area contributed by atoms with E-state index in [-0.39, 0.29) is 0 Å². The largest absolute Gasteiger partial charge is 0.368 e. The lowest BCUT2D eigenvalue weighted by atomic mass is 9.48. The molecule has 0 aromatic carbocycles. The molecular weight excluding hydrogens is 238 g/mol. The number of hydrogen-bond donors (Lipinski definition) is 3. The molecule has 19 heavy (non-hydrogen) atoms. The van der Waals surface area contributed by atoms with E-state index in [0.717, 1.165) is 17.8 Å². The van der Waals surface area contributed by atoms with Crippen LogP contribution in [0.15, 0.2) is 0 Å². The Balaban J connectivity index is 1.63. The highest BCUT2D eigenvalue weighted by atomic mass is 16.1. The van der Waals surface area contributed by atoms with Crippen molar-refractivity contribution in [2.24, 2.45) is 34.6 Å². The molecule has 2 atom stereocenters. The minimum atomic E-state index is -0.559. The van der Waals surface area contributed by atoms with Gasteiger partial charge >= 0.3 is 0 Å². The highest BCUT2D eigenvalue weighted by molar-refractivity contribution is 5.79. The topological polar surface area (TPSA) is 81.1 Å². The Morgan fingerprint density at radius 1 is 1.21 bits per heavy atom. The van der Waals surface area contributed by atoms with Gasteiger partial charge in [0.15, 0.2) is 0 Å². The average molecular weight is 265 g/mol. The third-order valence-electron chi connectivity index (χ3n) is 6.01. The van der Waals surface area contributed by atoms with E-state index in [2.05, 4.69) is 12.2 Å². The highest BCUT2D eigenvalue weighted by Crippen LogP contribution is 2.61. The zero-order chi connectivity index (χ0) is 13.6. The highest BCUT2D eigenvalue weighted by Gasteiger charge is 2.52. The summed E-state index contributed by atoms with van der Waals surface area (Å²) in [4.78, 5) is 11.0. The maximum absolute atomic E-state index is 11.0. The molecule has 1 amide bonds. The summed E-state index contributed by atoms with van der Waals surface area (Å²) in [6, 6.07) is -0.109. The lowest BCUT2D eigenvalue weighted by Gasteiger charge is -2.59. The van der Waals surface area contributed by atoms with Gasteiger partial charge in [-0.05, 0) is 68.6 Å². The van der Waals surface area contributed by atoms with Crippen LogP contribution < -0.4 is 16.8 Å². The summed E-state index contributed by atoms with van der Waals surface area (Å²) in [6.07, 6.45) is 8.52. The Kier molecular flexibility index (Phi) is 3.34. The van der Waals surface area contributed by atoms with Crippen LogP contribution >= 0.6 is 0 Å². The van der Waals surface area contributed by atoms with Gasteiger partial charge < -0.3 is 16.8 Å². The fraction of sp³-hybridized carbons (Fsp3) is 0.933. The van der Waals surface area contributed by atoms with E-state index in [0.29, 0.717) is 18.0 Å². The molecule has 0 heterocycles. The number of carbonyl (C=O) groups is 1. The minimum absolute atomic E-state index is 0.412. The molecule has 0 aliphatic heterocycles. The number of amides is 1. The van der Waals surface area contributed by atoms with Crippen molar-refractivity contribution in [3.05, 3.63) is 0 Å². The van der Waals surface area contributed by atoms with Gasteiger partial charge in [-0.15, -0.1) is 0 Å². The summed E-state index contributed by atoms with van der Waals surface area (Å²) in [5.41, 5.74) is 11.4. The van der Waals surface area contributed by atoms with Gasteiger partial charge in [0.2, 0.25) is 5.91 Å². The first-order chi connectivity index (χ1) is 8.98. The summed E-state index contributed by atoms with van der Waals surface area (Å²) in [7, 11) is 0. The second-order valence-electron chi connectivity index (χ2n) is 7.42. The van der Waals surface area contributed by atoms with Crippen molar-refractivity contribution in [2.45, 2.75) is 57.5 Å². The number of hydrogen-bond acceptors (Lipinski definition) is 3. The lowest BCUT2D eigenvalue weighted by molar-refractivity contribution is -0.119. The molecule has 0 saturated heterocycles. The molecule has 0 radical (unpaired) electrons. The molecule has 4 aliphatic rings. The number of rotatable bonds is 5. The van der Waals surface area contributed by atoms with Crippen LogP contribution in [0, 0.1) is 23.2 Å². The standard InChI is InChI=1S/C15H27N3O/c1-9(18-8-13(16)14(17)19)15-5-10-2-11(6-15)4-12(3-10)7-15/h9-13,18H,2-8,16H2,1H3,(H2,17,19). The maximum Gasteiger partial charge on any atom is 0.235 e. The van der Waals surface area contributed by atoms with Crippen molar-refractivity contribution in [1.29, 1.82) is 0 Å². The van der Waals surface area contributed by atoms with Crippen LogP contribution in [0.25, 0.3) is 0 Å². The van der Waals surface area contributed by atoms with E-state index in [1.165, 1.54) is 38.5 Å². The van der Waals surface area contributed by atoms with Crippen LogP contribution in [0.1, 0.15) is 45.4 Å². The summed E-state index contributed by atoms with van der Waals surface area (Å²) in [6.45, 7) is 2.79. The number of nitrogens with two attached hydrogens (primary N) is 2. The molecular formula is C15H27N3O. The summed E-state index contributed by atoms with van der Waals surface area (Å²) in [5.74, 6) is 2.46. The van der Waals surface area contributed by atoms with Crippen LogP contribution in [0.4, 0.5) is 0 Å². The van der Waals surface area contributed by atoms with Crippen molar-refractivity contribution < 1.29 is 4.79 Å². The van der Waals surface area contributed by atoms with Gasteiger partial charge in [-0.3, -0.25) is 4.79 Å². The second-order valence-corrected chi connectivity index (χ2v) is 7.42. The van der Waals surface area contributed by atoms with Gasteiger partial charge in [0.05, 0.1) is 6.04 Å². The van der Waals surface area contributed by atoms with E-state index >= 15 is 0 Å². The Labute approximate surface area is 115 Å². The average Bonchev–Trinajstić information content (AvgIpc) is 2.33. The molecule has 2 unspecified atom stereocenters. The Morgan fingerprint density at radius 2 is 1.68 bits per heavy atom. The summed E-state index contributed by atoms with van der Waals surface area (Å²) in [5, 5.41) is 3.49. The first kappa shape index (κ1) is 13.4. The molecule has 4 aliphatic carbocycles. The zero-order valence-electron chi connectivity index (χ0n) is 11.9. The molecule has 4 nitrogen and oxygen atoms in total. The first-order valence-corrected chi connectivity index (χ1v) is 7.77. The lowest BCUT2D eigenvalue weighted by Crippen LogP contribution is -2.57. The van der Waals surface area contributed by atoms with Crippen molar-refractivity contribution >= 4 is 5.91 Å². The minimum Gasteiger partial charge on any atom is -0.368 e. The third kappa shape index (κ3) is 2.40. The summed E-state index contributed by atoms with van der Waals surface area (Å²) >= 11 is 0. The Bertz CT molecular complexity index is 333. The zero-order valence-corrected chi connectivity index (χ0v) is 11.9. The van der Waals surface area contributed by atoms with Crippen LogP contribution in [0.2, 0.25) is 0 Å². The predicted molar refractivity (Wildman–Crippen MR) is 75.2 cm³/mol. The van der Waals surface area contributed by atoms with E-state index in [1.54, 1.807) is 0 Å².